The molecule has 0 saturated heterocycles. The van der Waals surface area contributed by atoms with Crippen LogP contribution in [0.5, 0.6) is 5.75 Å². The summed E-state index contributed by atoms with van der Waals surface area (Å²) in [4.78, 5) is 14.7. The molecule has 8 heteroatoms. The molecular weight excluding hydrogens is 294 g/mol. The first-order valence-corrected chi connectivity index (χ1v) is 7.24. The highest BCUT2D eigenvalue weighted by Crippen LogP contribution is 2.28. The van der Waals surface area contributed by atoms with E-state index in [1.54, 1.807) is 12.1 Å². The van der Waals surface area contributed by atoms with Gasteiger partial charge in [-0.3, -0.25) is 19.3 Å². The van der Waals surface area contributed by atoms with Crippen LogP contribution in [-0.2, 0) is 16.6 Å². The van der Waals surface area contributed by atoms with Crippen molar-refractivity contribution in [2.45, 2.75) is 10.6 Å². The number of nitrogen functional groups attached to an aromatic ring is 1. The number of nitro benzene ring substituents is 1. The first-order chi connectivity index (χ1) is 10.0. The zero-order valence-electron chi connectivity index (χ0n) is 11.2. The van der Waals surface area contributed by atoms with Crippen LogP contribution in [0.15, 0.2) is 41.6 Å². The monoisotopic (exact) mass is 307 g/mol. The first kappa shape index (κ1) is 14.9. The largest absolute Gasteiger partial charge is 0.490 e. The van der Waals surface area contributed by atoms with Gasteiger partial charge in [0, 0.05) is 12.3 Å². The Bertz CT molecular complexity index is 706. The van der Waals surface area contributed by atoms with Crippen LogP contribution in [0.1, 0.15) is 5.56 Å². The van der Waals surface area contributed by atoms with Gasteiger partial charge in [0.25, 0.3) is 0 Å². The summed E-state index contributed by atoms with van der Waals surface area (Å²) in [6.07, 6.45) is 2.92. The second kappa shape index (κ2) is 6.31. The van der Waals surface area contributed by atoms with Crippen LogP contribution in [0.25, 0.3) is 0 Å². The van der Waals surface area contributed by atoms with Crippen LogP contribution < -0.4 is 10.5 Å². The highest BCUT2D eigenvalue weighted by molar-refractivity contribution is 7.84. The van der Waals surface area contributed by atoms with E-state index >= 15 is 0 Å². The van der Waals surface area contributed by atoms with Crippen molar-refractivity contribution in [1.29, 1.82) is 0 Å². The predicted molar refractivity (Wildman–Crippen MR) is 78.4 cm³/mol. The minimum absolute atomic E-state index is 0.124. The second-order valence-electron chi connectivity index (χ2n) is 4.17. The molecule has 1 heterocycles. The Kier molecular flexibility index (Phi) is 4.49. The van der Waals surface area contributed by atoms with Crippen LogP contribution in [-0.4, -0.2) is 21.2 Å². The molecule has 0 bridgehead atoms. The molecule has 1 aromatic carbocycles. The molecule has 0 amide bonds. The maximum Gasteiger partial charge on any atom is 0.311 e. The van der Waals surface area contributed by atoms with Gasteiger partial charge in [0.1, 0.15) is 0 Å². The third-order valence-corrected chi connectivity index (χ3v) is 4.25. The third kappa shape index (κ3) is 3.34. The Balaban J connectivity index is 2.28. The van der Waals surface area contributed by atoms with Crippen molar-refractivity contribution in [2.24, 2.45) is 0 Å². The van der Waals surface area contributed by atoms with Crippen LogP contribution in [0.2, 0.25) is 0 Å². The van der Waals surface area contributed by atoms with Gasteiger partial charge in [-0.25, -0.2) is 0 Å². The van der Waals surface area contributed by atoms with E-state index < -0.39 is 15.7 Å². The lowest BCUT2D eigenvalue weighted by Gasteiger charge is -2.07. The van der Waals surface area contributed by atoms with E-state index in [9.17, 15) is 14.3 Å². The molecule has 0 fully saturated rings. The summed E-state index contributed by atoms with van der Waals surface area (Å²) in [5.74, 6) is 0.289. The second-order valence-corrected chi connectivity index (χ2v) is 5.59. The highest BCUT2D eigenvalue weighted by atomic mass is 32.2. The summed E-state index contributed by atoms with van der Waals surface area (Å²) >= 11 is 0. The normalized spacial score (nSPS) is 11.9. The summed E-state index contributed by atoms with van der Waals surface area (Å²) < 4.78 is 17.2. The maximum absolute atomic E-state index is 12.3. The van der Waals surface area contributed by atoms with E-state index in [0.717, 1.165) is 0 Å². The van der Waals surface area contributed by atoms with Gasteiger partial charge in [-0.15, -0.1) is 0 Å². The minimum atomic E-state index is -1.40. The zero-order valence-corrected chi connectivity index (χ0v) is 12.0. The number of rotatable bonds is 5. The van der Waals surface area contributed by atoms with Gasteiger partial charge >= 0.3 is 5.69 Å². The van der Waals surface area contributed by atoms with E-state index in [1.165, 1.54) is 31.6 Å². The summed E-state index contributed by atoms with van der Waals surface area (Å²) in [5, 5.41) is 11.0. The Labute approximate surface area is 123 Å². The Morgan fingerprint density at radius 2 is 2.19 bits per heavy atom. The van der Waals surface area contributed by atoms with Gasteiger partial charge in [0.05, 0.1) is 45.4 Å². The van der Waals surface area contributed by atoms with Crippen molar-refractivity contribution in [2.75, 3.05) is 12.8 Å². The molecule has 0 aliphatic heterocycles. The van der Waals surface area contributed by atoms with E-state index in [4.69, 9.17) is 10.5 Å². The molecule has 0 aliphatic carbocycles. The van der Waals surface area contributed by atoms with Gasteiger partial charge in [-0.1, -0.05) is 6.07 Å². The zero-order chi connectivity index (χ0) is 15.4. The number of anilines is 1. The summed E-state index contributed by atoms with van der Waals surface area (Å²) in [7, 11) is -0.0455. The third-order valence-electron chi connectivity index (χ3n) is 2.79. The minimum Gasteiger partial charge on any atom is -0.490 e. The number of benzene rings is 1. The fraction of sp³-hybridized carbons (Fsp3) is 0.154. The van der Waals surface area contributed by atoms with Gasteiger partial charge in [0.15, 0.2) is 5.75 Å². The number of aromatic nitrogens is 1. The number of nitrogens with zero attached hydrogens (tertiary/aromatic N) is 2. The molecule has 0 saturated carbocycles. The molecule has 1 aromatic heterocycles. The highest BCUT2D eigenvalue weighted by Gasteiger charge is 2.17. The van der Waals surface area contributed by atoms with Crippen molar-refractivity contribution >= 4 is 22.2 Å². The smallest absolute Gasteiger partial charge is 0.311 e. The SMILES string of the molecule is COc1ccc(CS(=O)c2ccncc2N)cc1[N+](=O)[O-]. The number of ether oxygens (including phenoxy) is 1. The van der Waals surface area contributed by atoms with Crippen LogP contribution in [0.3, 0.4) is 0 Å². The molecule has 2 rings (SSSR count). The summed E-state index contributed by atoms with van der Waals surface area (Å²) in [5.41, 5.74) is 6.46. The fourth-order valence-corrected chi connectivity index (χ4v) is 2.96. The molecule has 0 aliphatic rings. The van der Waals surface area contributed by atoms with Crippen molar-refractivity contribution in [1.82, 2.24) is 4.98 Å². The lowest BCUT2D eigenvalue weighted by atomic mass is 10.2. The number of nitro groups is 1. The number of nitrogens with two attached hydrogens (primary N) is 1. The lowest BCUT2D eigenvalue weighted by Crippen LogP contribution is -2.02. The lowest BCUT2D eigenvalue weighted by molar-refractivity contribution is -0.385. The van der Waals surface area contributed by atoms with E-state index in [0.29, 0.717) is 16.1 Å². The average Bonchev–Trinajstić information content (AvgIpc) is 2.47. The number of pyridine rings is 1. The summed E-state index contributed by atoms with van der Waals surface area (Å²) in [6.45, 7) is 0. The number of hydrogen-bond acceptors (Lipinski definition) is 6. The topological polar surface area (TPSA) is 108 Å². The molecule has 0 radical (unpaired) electrons. The van der Waals surface area contributed by atoms with Crippen molar-refractivity contribution in [3.63, 3.8) is 0 Å². The van der Waals surface area contributed by atoms with E-state index in [-0.39, 0.29) is 17.2 Å². The molecule has 0 spiro atoms. The van der Waals surface area contributed by atoms with Crippen LogP contribution >= 0.6 is 0 Å². The molecule has 1 unspecified atom stereocenters. The quantitative estimate of drug-likeness (QED) is 0.667. The number of methoxy groups -OCH3 is 1. The van der Waals surface area contributed by atoms with Crippen molar-refractivity contribution in [3.8, 4) is 5.75 Å². The predicted octanol–water partition coefficient (Wildman–Crippen LogP) is 1.89. The van der Waals surface area contributed by atoms with Crippen LogP contribution in [0.4, 0.5) is 11.4 Å². The number of hydrogen-bond donors (Lipinski definition) is 1. The van der Waals surface area contributed by atoms with Crippen LogP contribution in [0, 0.1) is 10.1 Å². The molecule has 7 nitrogen and oxygen atoms in total. The van der Waals surface area contributed by atoms with Crippen molar-refractivity contribution in [3.05, 3.63) is 52.3 Å². The summed E-state index contributed by atoms with van der Waals surface area (Å²) in [6, 6.07) is 6.05. The molecule has 2 aromatic rings. The fourth-order valence-electron chi connectivity index (χ4n) is 1.80. The molecule has 2 N–H and O–H groups in total. The van der Waals surface area contributed by atoms with E-state index in [1.807, 2.05) is 0 Å². The Morgan fingerprint density at radius 1 is 1.43 bits per heavy atom. The average molecular weight is 307 g/mol. The van der Waals surface area contributed by atoms with Gasteiger partial charge in [-0.05, 0) is 17.7 Å². The standard InChI is InChI=1S/C13H13N3O4S/c1-20-12-3-2-9(6-11(12)16(17)18)8-21(19)13-4-5-15-7-10(13)14/h2-7H,8,14H2,1H3. The molecule has 110 valence electrons. The maximum atomic E-state index is 12.3. The molecule has 1 atom stereocenters. The molecule has 21 heavy (non-hydrogen) atoms. The first-order valence-electron chi connectivity index (χ1n) is 5.92. The molecular formula is C13H13N3O4S. The Morgan fingerprint density at radius 3 is 2.81 bits per heavy atom. The van der Waals surface area contributed by atoms with Gasteiger partial charge < -0.3 is 10.5 Å². The van der Waals surface area contributed by atoms with Crippen molar-refractivity contribution < 1.29 is 13.9 Å². The van der Waals surface area contributed by atoms with Gasteiger partial charge in [-0.2, -0.15) is 0 Å². The van der Waals surface area contributed by atoms with Gasteiger partial charge in [0.2, 0.25) is 0 Å². The van der Waals surface area contributed by atoms with E-state index in [2.05, 4.69) is 4.98 Å². The Hall–Kier alpha value is -2.48.